The van der Waals surface area contributed by atoms with Crippen LogP contribution in [0.15, 0.2) is 42.7 Å². The van der Waals surface area contributed by atoms with Gasteiger partial charge in [-0.3, -0.25) is 9.48 Å². The Balaban J connectivity index is 1.75. The SMILES string of the molecule is O=C1CC(S)CN1c1cnn(Cc2ccccc2)c1. The molecule has 2 heterocycles. The molecule has 1 aliphatic heterocycles. The Morgan fingerprint density at radius 2 is 2.11 bits per heavy atom. The van der Waals surface area contributed by atoms with Gasteiger partial charge < -0.3 is 4.90 Å². The molecule has 19 heavy (non-hydrogen) atoms. The van der Waals surface area contributed by atoms with E-state index in [9.17, 15) is 4.79 Å². The number of amides is 1. The fraction of sp³-hybridized carbons (Fsp3) is 0.286. The van der Waals surface area contributed by atoms with Crippen molar-refractivity contribution in [2.24, 2.45) is 0 Å². The van der Waals surface area contributed by atoms with E-state index in [0.29, 0.717) is 19.5 Å². The number of benzene rings is 1. The highest BCUT2D eigenvalue weighted by Crippen LogP contribution is 2.23. The van der Waals surface area contributed by atoms with Gasteiger partial charge in [0.25, 0.3) is 0 Å². The second kappa shape index (κ2) is 5.09. The summed E-state index contributed by atoms with van der Waals surface area (Å²) in [6, 6.07) is 10.1. The van der Waals surface area contributed by atoms with Crippen LogP contribution in [-0.4, -0.2) is 27.5 Å². The van der Waals surface area contributed by atoms with Crippen molar-refractivity contribution in [2.45, 2.75) is 18.2 Å². The molecule has 4 nitrogen and oxygen atoms in total. The lowest BCUT2D eigenvalue weighted by Crippen LogP contribution is -2.24. The monoisotopic (exact) mass is 273 g/mol. The maximum absolute atomic E-state index is 11.8. The van der Waals surface area contributed by atoms with E-state index in [1.165, 1.54) is 5.56 Å². The first-order valence-electron chi connectivity index (χ1n) is 6.27. The number of hydrogen-bond acceptors (Lipinski definition) is 3. The molecule has 1 saturated heterocycles. The molecule has 98 valence electrons. The van der Waals surface area contributed by atoms with Gasteiger partial charge in [-0.25, -0.2) is 0 Å². The Bertz CT molecular complexity index is 581. The summed E-state index contributed by atoms with van der Waals surface area (Å²) in [4.78, 5) is 13.5. The van der Waals surface area contributed by atoms with Crippen LogP contribution in [0.3, 0.4) is 0 Å². The molecule has 0 aliphatic carbocycles. The summed E-state index contributed by atoms with van der Waals surface area (Å²) in [5, 5.41) is 4.44. The third-order valence-electron chi connectivity index (χ3n) is 3.22. The molecule has 1 unspecified atom stereocenters. The third kappa shape index (κ3) is 2.66. The molecule has 1 aromatic heterocycles. The van der Waals surface area contributed by atoms with Crippen LogP contribution in [0.1, 0.15) is 12.0 Å². The maximum atomic E-state index is 11.8. The minimum atomic E-state index is 0.124. The Hall–Kier alpha value is -1.75. The highest BCUT2D eigenvalue weighted by Gasteiger charge is 2.28. The lowest BCUT2D eigenvalue weighted by Gasteiger charge is -2.12. The van der Waals surface area contributed by atoms with Crippen molar-refractivity contribution in [3.63, 3.8) is 0 Å². The van der Waals surface area contributed by atoms with Crippen molar-refractivity contribution in [2.75, 3.05) is 11.4 Å². The molecule has 5 heteroatoms. The number of carbonyl (C=O) groups is 1. The van der Waals surface area contributed by atoms with Gasteiger partial charge in [-0.2, -0.15) is 17.7 Å². The summed E-state index contributed by atoms with van der Waals surface area (Å²) < 4.78 is 1.85. The summed E-state index contributed by atoms with van der Waals surface area (Å²) in [5.74, 6) is 0.124. The predicted octanol–water partition coefficient (Wildman–Crippen LogP) is 1.97. The standard InChI is InChI=1S/C14H15N3OS/c18-14-6-13(19)10-17(14)12-7-15-16(9-12)8-11-4-2-1-3-5-11/h1-5,7,9,13,19H,6,8,10H2. The van der Waals surface area contributed by atoms with Crippen LogP contribution in [0.5, 0.6) is 0 Å². The molecule has 1 fully saturated rings. The topological polar surface area (TPSA) is 38.1 Å². The van der Waals surface area contributed by atoms with Gasteiger partial charge >= 0.3 is 0 Å². The minimum Gasteiger partial charge on any atom is -0.308 e. The van der Waals surface area contributed by atoms with Crippen molar-refractivity contribution in [3.8, 4) is 0 Å². The first-order valence-corrected chi connectivity index (χ1v) is 6.79. The van der Waals surface area contributed by atoms with E-state index >= 15 is 0 Å². The van der Waals surface area contributed by atoms with Crippen LogP contribution >= 0.6 is 12.6 Å². The summed E-state index contributed by atoms with van der Waals surface area (Å²) >= 11 is 4.36. The molecule has 1 aromatic carbocycles. The molecule has 0 saturated carbocycles. The largest absolute Gasteiger partial charge is 0.308 e. The molecule has 1 aliphatic rings. The Morgan fingerprint density at radius 3 is 2.79 bits per heavy atom. The first kappa shape index (κ1) is 12.3. The predicted molar refractivity (Wildman–Crippen MR) is 77.5 cm³/mol. The van der Waals surface area contributed by atoms with E-state index in [1.54, 1.807) is 11.1 Å². The van der Waals surface area contributed by atoms with Crippen molar-refractivity contribution in [1.29, 1.82) is 0 Å². The van der Waals surface area contributed by atoms with E-state index in [2.05, 4.69) is 29.9 Å². The molecule has 1 atom stereocenters. The van der Waals surface area contributed by atoms with E-state index in [0.717, 1.165) is 5.69 Å². The Labute approximate surface area is 117 Å². The molecule has 0 radical (unpaired) electrons. The highest BCUT2D eigenvalue weighted by atomic mass is 32.1. The van der Waals surface area contributed by atoms with Gasteiger partial charge in [0.2, 0.25) is 5.91 Å². The van der Waals surface area contributed by atoms with Gasteiger partial charge in [-0.1, -0.05) is 30.3 Å². The second-order valence-electron chi connectivity index (χ2n) is 4.74. The van der Waals surface area contributed by atoms with E-state index in [4.69, 9.17) is 0 Å². The second-order valence-corrected chi connectivity index (χ2v) is 5.47. The summed E-state index contributed by atoms with van der Waals surface area (Å²) in [5.41, 5.74) is 2.05. The lowest BCUT2D eigenvalue weighted by atomic mass is 10.2. The Morgan fingerprint density at radius 1 is 1.32 bits per heavy atom. The molecule has 0 bridgehead atoms. The van der Waals surface area contributed by atoms with Crippen molar-refractivity contribution < 1.29 is 4.79 Å². The summed E-state index contributed by atoms with van der Waals surface area (Å²) in [6.07, 6.45) is 4.16. The van der Waals surface area contributed by atoms with Gasteiger partial charge in [0.1, 0.15) is 0 Å². The number of carbonyl (C=O) groups excluding carboxylic acids is 1. The Kier molecular flexibility index (Phi) is 3.29. The zero-order chi connectivity index (χ0) is 13.2. The van der Waals surface area contributed by atoms with E-state index in [-0.39, 0.29) is 11.2 Å². The van der Waals surface area contributed by atoms with Gasteiger partial charge in [0, 0.05) is 24.4 Å². The molecule has 2 aromatic rings. The lowest BCUT2D eigenvalue weighted by molar-refractivity contribution is -0.117. The van der Waals surface area contributed by atoms with Crippen LogP contribution in [-0.2, 0) is 11.3 Å². The quantitative estimate of drug-likeness (QED) is 0.868. The average molecular weight is 273 g/mol. The average Bonchev–Trinajstić information content (AvgIpc) is 2.97. The normalized spacial score (nSPS) is 19.1. The zero-order valence-electron chi connectivity index (χ0n) is 10.4. The zero-order valence-corrected chi connectivity index (χ0v) is 11.3. The van der Waals surface area contributed by atoms with Crippen LogP contribution < -0.4 is 4.90 Å². The molecule has 3 rings (SSSR count). The number of anilines is 1. The summed E-state index contributed by atoms with van der Waals surface area (Å²) in [6.45, 7) is 1.38. The fourth-order valence-electron chi connectivity index (χ4n) is 2.29. The van der Waals surface area contributed by atoms with Gasteiger partial charge in [-0.15, -0.1) is 0 Å². The number of hydrogen-bond donors (Lipinski definition) is 1. The molecule has 1 amide bonds. The highest BCUT2D eigenvalue weighted by molar-refractivity contribution is 7.81. The maximum Gasteiger partial charge on any atom is 0.228 e. The molecule has 0 spiro atoms. The van der Waals surface area contributed by atoms with Gasteiger partial charge in [0.05, 0.1) is 18.4 Å². The van der Waals surface area contributed by atoms with Crippen molar-refractivity contribution in [1.82, 2.24) is 9.78 Å². The molecule has 0 N–H and O–H groups in total. The van der Waals surface area contributed by atoms with E-state index in [1.807, 2.05) is 29.1 Å². The van der Waals surface area contributed by atoms with Crippen LogP contribution in [0.2, 0.25) is 0 Å². The number of aromatic nitrogens is 2. The first-order chi connectivity index (χ1) is 9.22. The van der Waals surface area contributed by atoms with Gasteiger partial charge in [-0.05, 0) is 5.56 Å². The fourth-order valence-corrected chi connectivity index (χ4v) is 2.61. The minimum absolute atomic E-state index is 0.124. The van der Waals surface area contributed by atoms with Crippen molar-refractivity contribution in [3.05, 3.63) is 48.3 Å². The van der Waals surface area contributed by atoms with Crippen LogP contribution in [0.25, 0.3) is 0 Å². The van der Waals surface area contributed by atoms with E-state index < -0.39 is 0 Å². The molecular formula is C14H15N3OS. The number of rotatable bonds is 3. The smallest absolute Gasteiger partial charge is 0.228 e. The third-order valence-corrected chi connectivity index (χ3v) is 3.57. The van der Waals surface area contributed by atoms with Crippen molar-refractivity contribution >= 4 is 24.2 Å². The molecular weight excluding hydrogens is 258 g/mol. The number of thiol groups is 1. The van der Waals surface area contributed by atoms with Crippen LogP contribution in [0.4, 0.5) is 5.69 Å². The van der Waals surface area contributed by atoms with Crippen LogP contribution in [0, 0.1) is 0 Å². The number of nitrogens with zero attached hydrogens (tertiary/aromatic N) is 3. The summed E-state index contributed by atoms with van der Waals surface area (Å²) in [7, 11) is 0. The van der Waals surface area contributed by atoms with Gasteiger partial charge in [0.15, 0.2) is 0 Å².